The zero-order valence-electron chi connectivity index (χ0n) is 5.46. The van der Waals surface area contributed by atoms with Crippen molar-refractivity contribution in [2.75, 3.05) is 0 Å². The average molecular weight is 106 g/mol. The maximum atomic E-state index is 2.00. The van der Waals surface area contributed by atoms with Gasteiger partial charge in [0, 0.05) is 0 Å². The summed E-state index contributed by atoms with van der Waals surface area (Å²) in [4.78, 5) is 0. The molecule has 0 fully saturated rings. The fourth-order valence-electron chi connectivity index (χ4n) is 0.351. The molecule has 0 nitrogen and oxygen atoms in total. The fraction of sp³-hybridized carbons (Fsp3) is 0.286. The molecule has 0 atom stereocenters. The molecule has 0 saturated heterocycles. The molecule has 0 N–H and O–H groups in total. The van der Waals surface area contributed by atoms with E-state index in [1.54, 1.807) is 0 Å². The van der Waals surface area contributed by atoms with Crippen molar-refractivity contribution in [2.45, 2.75) is 13.8 Å². The van der Waals surface area contributed by atoms with Gasteiger partial charge in [0.1, 0.15) is 0 Å². The Balaban J connectivity index is 3.35. The molecule has 0 aromatic heterocycles. The predicted molar refractivity (Wildman–Crippen MR) is 41.4 cm³/mol. The number of rotatable bonds is 2. The first kappa shape index (κ1) is 7.41. The molecular weight excluding hydrogens is 94.9 g/mol. The molecule has 8 heavy (non-hydrogen) atoms. The van der Waals surface area contributed by atoms with Gasteiger partial charge in [-0.3, -0.25) is 0 Å². The molecule has 0 aromatic rings. The monoisotopic (exact) mass is 106 g/mol. The Kier molecular flexibility index (Phi) is 5.95. The summed E-state index contributed by atoms with van der Waals surface area (Å²) in [5, 5.41) is 0. The minimum atomic E-state index is 2.00. The van der Waals surface area contributed by atoms with E-state index in [0.29, 0.717) is 0 Å². The van der Waals surface area contributed by atoms with Crippen LogP contribution in [0.3, 0.4) is 0 Å². The van der Waals surface area contributed by atoms with Crippen LogP contribution in [-0.2, 0) is 0 Å². The van der Waals surface area contributed by atoms with Crippen LogP contribution in [0.15, 0.2) is 24.2 Å². The van der Waals surface area contributed by atoms with E-state index in [-0.39, 0.29) is 0 Å². The Bertz CT molecular complexity index is 95.6. The van der Waals surface area contributed by atoms with Crippen molar-refractivity contribution in [1.82, 2.24) is 0 Å². The molecule has 0 aliphatic heterocycles. The van der Waals surface area contributed by atoms with E-state index in [1.165, 1.54) is 0 Å². The van der Waals surface area contributed by atoms with E-state index in [1.807, 2.05) is 50.9 Å². The summed E-state index contributed by atoms with van der Waals surface area (Å²) in [6.07, 6.45) is 6.00. The molecule has 0 heterocycles. The van der Waals surface area contributed by atoms with Crippen LogP contribution in [0.4, 0.5) is 0 Å². The zero-order valence-corrected chi connectivity index (χ0v) is 5.46. The van der Waals surface area contributed by atoms with E-state index in [2.05, 4.69) is 0 Å². The van der Waals surface area contributed by atoms with Gasteiger partial charge < -0.3 is 0 Å². The van der Waals surface area contributed by atoms with Crippen LogP contribution in [0.1, 0.15) is 13.8 Å². The van der Waals surface area contributed by atoms with Gasteiger partial charge in [0.15, 0.2) is 0 Å². The Morgan fingerprint density at radius 1 is 1.12 bits per heavy atom. The van der Waals surface area contributed by atoms with Crippen LogP contribution in [0, 0.1) is 0 Å². The normalized spacial score (nSPS) is 11.8. The molecule has 0 amide bonds. The Hall–Kier alpha value is -0.585. The van der Waals surface area contributed by atoms with Gasteiger partial charge in [-0.2, -0.15) is 0 Å². The van der Waals surface area contributed by atoms with Gasteiger partial charge in [-0.15, -0.1) is 0 Å². The minimum absolute atomic E-state index is 2.00. The third-order valence-electron chi connectivity index (χ3n) is 0.718. The van der Waals surface area contributed by atoms with Crippen LogP contribution < -0.4 is 0 Å². The number of hydrogen-bond acceptors (Lipinski definition) is 0. The van der Waals surface area contributed by atoms with E-state index >= 15 is 0 Å². The van der Waals surface area contributed by atoms with Crippen LogP contribution in [0.5, 0.6) is 0 Å². The standard InChI is InChI=1S/C7H11B/c1-3-5-6-7-8-4-2/h3-7H,1-2H3. The topological polar surface area (TPSA) is 0 Å². The van der Waals surface area contributed by atoms with E-state index in [4.69, 9.17) is 0 Å². The third-order valence-corrected chi connectivity index (χ3v) is 0.718. The Labute approximate surface area is 51.8 Å². The molecule has 0 bridgehead atoms. The van der Waals surface area contributed by atoms with Gasteiger partial charge in [0.05, 0.1) is 0 Å². The van der Waals surface area contributed by atoms with Gasteiger partial charge in [-0.1, -0.05) is 0 Å². The Morgan fingerprint density at radius 2 is 1.88 bits per heavy atom. The SMILES string of the molecule is CC=BC=CC=CC. The molecule has 0 rings (SSSR count). The van der Waals surface area contributed by atoms with Crippen LogP contribution in [-0.4, -0.2) is 12.9 Å². The van der Waals surface area contributed by atoms with Gasteiger partial charge in [-0.05, 0) is 0 Å². The Morgan fingerprint density at radius 3 is 2.38 bits per heavy atom. The molecule has 0 spiro atoms. The molecule has 0 aliphatic rings. The quantitative estimate of drug-likeness (QED) is 0.370. The van der Waals surface area contributed by atoms with Crippen LogP contribution in [0.25, 0.3) is 0 Å². The maximum absolute atomic E-state index is 2.00. The molecule has 0 radical (unpaired) electrons. The van der Waals surface area contributed by atoms with Crippen molar-refractivity contribution >= 4 is 12.9 Å². The van der Waals surface area contributed by atoms with Gasteiger partial charge in [0.2, 0.25) is 0 Å². The van der Waals surface area contributed by atoms with Gasteiger partial charge >= 0.3 is 50.9 Å². The molecule has 0 aliphatic carbocycles. The summed E-state index contributed by atoms with van der Waals surface area (Å²) in [5.41, 5.74) is 0. The second-order valence-corrected chi connectivity index (χ2v) is 1.44. The van der Waals surface area contributed by atoms with Crippen molar-refractivity contribution in [3.8, 4) is 0 Å². The van der Waals surface area contributed by atoms with Crippen LogP contribution >= 0.6 is 0 Å². The van der Waals surface area contributed by atoms with Crippen molar-refractivity contribution < 1.29 is 0 Å². The predicted octanol–water partition coefficient (Wildman–Crippen LogP) is 1.60. The summed E-state index contributed by atoms with van der Waals surface area (Å²) in [6, 6.07) is 0. The summed E-state index contributed by atoms with van der Waals surface area (Å²) in [5.74, 6) is 4.00. The first-order valence-corrected chi connectivity index (χ1v) is 2.82. The second-order valence-electron chi connectivity index (χ2n) is 1.44. The van der Waals surface area contributed by atoms with Crippen molar-refractivity contribution in [3.05, 3.63) is 24.2 Å². The van der Waals surface area contributed by atoms with Crippen molar-refractivity contribution in [2.24, 2.45) is 0 Å². The number of allylic oxidation sites excluding steroid dienone is 3. The molecule has 42 valence electrons. The van der Waals surface area contributed by atoms with Gasteiger partial charge in [-0.25, -0.2) is 0 Å². The second kappa shape index (κ2) is 6.41. The molecule has 0 saturated carbocycles. The third kappa shape index (κ3) is 5.41. The first-order chi connectivity index (χ1) is 3.91. The fourth-order valence-corrected chi connectivity index (χ4v) is 0.351. The average Bonchev–Trinajstić information content (AvgIpc) is 1.81. The van der Waals surface area contributed by atoms with E-state index < -0.39 is 0 Å². The summed E-state index contributed by atoms with van der Waals surface area (Å²) in [6.45, 7) is 6.00. The van der Waals surface area contributed by atoms with Crippen LogP contribution in [0.2, 0.25) is 0 Å². The first-order valence-electron chi connectivity index (χ1n) is 2.82. The summed E-state index contributed by atoms with van der Waals surface area (Å²) >= 11 is 0. The molecular formula is C7H11B. The summed E-state index contributed by atoms with van der Waals surface area (Å²) < 4.78 is 0. The van der Waals surface area contributed by atoms with Crippen molar-refractivity contribution in [1.29, 1.82) is 0 Å². The van der Waals surface area contributed by atoms with Crippen molar-refractivity contribution in [3.63, 3.8) is 0 Å². The molecule has 0 aromatic carbocycles. The summed E-state index contributed by atoms with van der Waals surface area (Å²) in [7, 11) is 0. The number of hydrogen-bond donors (Lipinski definition) is 0. The van der Waals surface area contributed by atoms with E-state index in [9.17, 15) is 0 Å². The van der Waals surface area contributed by atoms with E-state index in [0.717, 1.165) is 0 Å². The van der Waals surface area contributed by atoms with Gasteiger partial charge in [0.25, 0.3) is 0 Å². The molecule has 0 unspecified atom stereocenters. The molecule has 1 heteroatoms. The zero-order chi connectivity index (χ0) is 6.24.